The first kappa shape index (κ1) is 20.7. The quantitative estimate of drug-likeness (QED) is 0.745. The van der Waals surface area contributed by atoms with Crippen LogP contribution in [-0.2, 0) is 4.79 Å². The van der Waals surface area contributed by atoms with Crippen LogP contribution in [0.2, 0.25) is 0 Å². The Morgan fingerprint density at radius 3 is 2.65 bits per heavy atom. The predicted molar refractivity (Wildman–Crippen MR) is 103 cm³/mol. The van der Waals surface area contributed by atoms with Crippen molar-refractivity contribution in [1.29, 1.82) is 0 Å². The Balaban J connectivity index is 0.00000243. The molecule has 0 bridgehead atoms. The van der Waals surface area contributed by atoms with Gasteiger partial charge in [-0.25, -0.2) is 8.78 Å². The number of hydrogen-bond acceptors (Lipinski definition) is 3. The summed E-state index contributed by atoms with van der Waals surface area (Å²) in [7, 11) is 0. The molecule has 7 heteroatoms. The number of amides is 1. The standard InChI is InChI=1S/C19H20F2N2OS.ClH/c20-14-8-9-16(21)17(11-14)25-18(13-5-2-1-3-6-13)19(24)23-15-7-4-10-22-12-15;/h1-3,5-6,8-9,11,15,18,22H,4,7,10,12H2,(H,23,24);1H/t15-,18?;/m0./s1. The zero-order valence-electron chi connectivity index (χ0n) is 14.1. The molecule has 1 unspecified atom stereocenters. The number of nitrogens with one attached hydrogen (secondary N) is 2. The van der Waals surface area contributed by atoms with Crippen LogP contribution >= 0.6 is 24.2 Å². The molecule has 2 N–H and O–H groups in total. The van der Waals surface area contributed by atoms with Gasteiger partial charge in [-0.3, -0.25) is 4.79 Å². The summed E-state index contributed by atoms with van der Waals surface area (Å²) in [6, 6.07) is 12.5. The average molecular weight is 399 g/mol. The first-order valence-electron chi connectivity index (χ1n) is 8.31. The van der Waals surface area contributed by atoms with Crippen LogP contribution in [0.15, 0.2) is 53.4 Å². The van der Waals surface area contributed by atoms with E-state index in [1.165, 1.54) is 0 Å². The van der Waals surface area contributed by atoms with E-state index < -0.39 is 16.9 Å². The molecule has 0 saturated carbocycles. The molecule has 1 amide bonds. The summed E-state index contributed by atoms with van der Waals surface area (Å²) in [5, 5.41) is 5.65. The smallest absolute Gasteiger partial charge is 0.238 e. The lowest BCUT2D eigenvalue weighted by Crippen LogP contribution is -2.46. The van der Waals surface area contributed by atoms with E-state index >= 15 is 0 Å². The maximum absolute atomic E-state index is 14.0. The summed E-state index contributed by atoms with van der Waals surface area (Å²) < 4.78 is 27.5. The zero-order chi connectivity index (χ0) is 17.6. The van der Waals surface area contributed by atoms with Gasteiger partial charge in [0.25, 0.3) is 0 Å². The minimum absolute atomic E-state index is 0. The molecule has 0 aliphatic carbocycles. The van der Waals surface area contributed by atoms with Crippen molar-refractivity contribution in [3.8, 4) is 0 Å². The summed E-state index contributed by atoms with van der Waals surface area (Å²) in [5.74, 6) is -1.24. The van der Waals surface area contributed by atoms with E-state index in [-0.39, 0.29) is 29.3 Å². The third-order valence-electron chi connectivity index (χ3n) is 4.12. The van der Waals surface area contributed by atoms with E-state index in [9.17, 15) is 13.6 Å². The third-order valence-corrected chi connectivity index (χ3v) is 5.41. The van der Waals surface area contributed by atoms with Gasteiger partial charge in [0.1, 0.15) is 16.9 Å². The molecule has 1 aliphatic rings. The second kappa shape index (κ2) is 9.90. The molecule has 0 spiro atoms. The molecule has 2 aromatic rings. The van der Waals surface area contributed by atoms with Crippen molar-refractivity contribution >= 4 is 30.1 Å². The molecule has 0 aromatic heterocycles. The molecule has 0 radical (unpaired) electrons. The van der Waals surface area contributed by atoms with Crippen LogP contribution < -0.4 is 10.6 Å². The van der Waals surface area contributed by atoms with Gasteiger partial charge in [-0.05, 0) is 43.1 Å². The van der Waals surface area contributed by atoms with Gasteiger partial charge in [-0.1, -0.05) is 30.3 Å². The highest BCUT2D eigenvalue weighted by Gasteiger charge is 2.26. The molecule has 2 atom stereocenters. The van der Waals surface area contributed by atoms with E-state index in [4.69, 9.17) is 0 Å². The zero-order valence-corrected chi connectivity index (χ0v) is 15.7. The topological polar surface area (TPSA) is 41.1 Å². The lowest BCUT2D eigenvalue weighted by Gasteiger charge is -2.26. The van der Waals surface area contributed by atoms with Crippen LogP contribution in [0.5, 0.6) is 0 Å². The molecular weight excluding hydrogens is 378 g/mol. The number of hydrogen-bond donors (Lipinski definition) is 2. The molecule has 140 valence electrons. The van der Waals surface area contributed by atoms with Crippen molar-refractivity contribution in [3.63, 3.8) is 0 Å². The first-order valence-corrected chi connectivity index (χ1v) is 9.19. The molecule has 1 aliphatic heterocycles. The minimum atomic E-state index is -0.639. The van der Waals surface area contributed by atoms with Gasteiger partial charge in [0.2, 0.25) is 5.91 Å². The van der Waals surface area contributed by atoms with Crippen molar-refractivity contribution < 1.29 is 13.6 Å². The second-order valence-electron chi connectivity index (χ2n) is 6.04. The maximum Gasteiger partial charge on any atom is 0.238 e. The van der Waals surface area contributed by atoms with Gasteiger partial charge < -0.3 is 10.6 Å². The first-order chi connectivity index (χ1) is 12.1. The monoisotopic (exact) mass is 398 g/mol. The van der Waals surface area contributed by atoms with Gasteiger partial charge in [0.15, 0.2) is 0 Å². The van der Waals surface area contributed by atoms with E-state index in [1.807, 2.05) is 30.3 Å². The minimum Gasteiger partial charge on any atom is -0.351 e. The number of carbonyl (C=O) groups is 1. The second-order valence-corrected chi connectivity index (χ2v) is 7.18. The molecule has 26 heavy (non-hydrogen) atoms. The Morgan fingerprint density at radius 2 is 1.96 bits per heavy atom. The normalized spacial score (nSPS) is 17.8. The van der Waals surface area contributed by atoms with Crippen molar-refractivity contribution in [2.24, 2.45) is 0 Å². The highest BCUT2D eigenvalue weighted by Crippen LogP contribution is 2.37. The number of benzene rings is 2. The Kier molecular flexibility index (Phi) is 7.87. The summed E-state index contributed by atoms with van der Waals surface area (Å²) in [6.45, 7) is 1.68. The Hall–Kier alpha value is -1.63. The molecule has 3 nitrogen and oxygen atoms in total. The van der Waals surface area contributed by atoms with Gasteiger partial charge in [-0.15, -0.1) is 24.2 Å². The molecule has 1 heterocycles. The van der Waals surface area contributed by atoms with Crippen molar-refractivity contribution in [2.75, 3.05) is 13.1 Å². The fourth-order valence-electron chi connectivity index (χ4n) is 2.85. The summed E-state index contributed by atoms with van der Waals surface area (Å²) >= 11 is 1.03. The average Bonchev–Trinajstić information content (AvgIpc) is 2.64. The van der Waals surface area contributed by atoms with Crippen LogP contribution in [0, 0.1) is 11.6 Å². The Bertz CT molecular complexity index is 727. The number of rotatable bonds is 5. The largest absolute Gasteiger partial charge is 0.351 e. The third kappa shape index (κ3) is 5.43. The highest BCUT2D eigenvalue weighted by molar-refractivity contribution is 8.00. The Labute approximate surface area is 162 Å². The van der Waals surface area contributed by atoms with Crippen LogP contribution in [0.1, 0.15) is 23.7 Å². The van der Waals surface area contributed by atoms with E-state index in [1.54, 1.807) is 0 Å². The molecule has 1 fully saturated rings. The molecule has 2 aromatic carbocycles. The summed E-state index contributed by atoms with van der Waals surface area (Å²) in [6.07, 6.45) is 1.92. The fourth-order valence-corrected chi connectivity index (χ4v) is 3.93. The number of thioether (sulfide) groups is 1. The van der Waals surface area contributed by atoms with Crippen molar-refractivity contribution in [2.45, 2.75) is 29.0 Å². The van der Waals surface area contributed by atoms with Crippen molar-refractivity contribution in [1.82, 2.24) is 10.6 Å². The van der Waals surface area contributed by atoms with Crippen LogP contribution in [0.3, 0.4) is 0 Å². The molecule has 1 saturated heterocycles. The number of carbonyl (C=O) groups excluding carboxylic acids is 1. The predicted octanol–water partition coefficient (Wildman–Crippen LogP) is 4.09. The van der Waals surface area contributed by atoms with E-state index in [2.05, 4.69) is 10.6 Å². The maximum atomic E-state index is 14.0. The van der Waals surface area contributed by atoms with Crippen LogP contribution in [0.4, 0.5) is 8.78 Å². The van der Waals surface area contributed by atoms with Gasteiger partial charge in [0.05, 0.1) is 0 Å². The number of halogens is 3. The van der Waals surface area contributed by atoms with Gasteiger partial charge in [-0.2, -0.15) is 0 Å². The van der Waals surface area contributed by atoms with Crippen LogP contribution in [0.25, 0.3) is 0 Å². The lowest BCUT2D eigenvalue weighted by molar-refractivity contribution is -0.121. The Morgan fingerprint density at radius 1 is 1.19 bits per heavy atom. The highest BCUT2D eigenvalue weighted by atomic mass is 35.5. The van der Waals surface area contributed by atoms with Gasteiger partial charge in [0, 0.05) is 17.5 Å². The summed E-state index contributed by atoms with van der Waals surface area (Å²) in [5.41, 5.74) is 0.762. The van der Waals surface area contributed by atoms with E-state index in [0.29, 0.717) is 0 Å². The lowest BCUT2D eigenvalue weighted by atomic mass is 10.1. The van der Waals surface area contributed by atoms with Crippen LogP contribution in [-0.4, -0.2) is 25.0 Å². The van der Waals surface area contributed by atoms with Gasteiger partial charge >= 0.3 is 0 Å². The summed E-state index contributed by atoms with van der Waals surface area (Å²) in [4.78, 5) is 13.0. The van der Waals surface area contributed by atoms with Crippen molar-refractivity contribution in [3.05, 3.63) is 65.7 Å². The SMILES string of the molecule is Cl.O=C(N[C@H]1CCCNC1)C(Sc1cc(F)ccc1F)c1ccccc1. The molecular formula is C19H21ClF2N2OS. The molecule has 3 rings (SSSR count). The van der Waals surface area contributed by atoms with E-state index in [0.717, 1.165) is 61.5 Å². The fraction of sp³-hybridized carbons (Fsp3) is 0.316. The number of piperidine rings is 1.